The van der Waals surface area contributed by atoms with Crippen molar-refractivity contribution in [3.05, 3.63) is 18.2 Å². The van der Waals surface area contributed by atoms with Crippen molar-refractivity contribution in [1.82, 2.24) is 4.90 Å². The molecule has 0 aromatic heterocycles. The Balaban J connectivity index is 2.03. The monoisotopic (exact) mass is 335 g/mol. The maximum Gasteiger partial charge on any atom is 0.238 e. The van der Waals surface area contributed by atoms with Crippen LogP contribution < -0.4 is 15.4 Å². The summed E-state index contributed by atoms with van der Waals surface area (Å²) >= 11 is 0. The van der Waals surface area contributed by atoms with Crippen LogP contribution in [-0.4, -0.2) is 55.7 Å². The summed E-state index contributed by atoms with van der Waals surface area (Å²) in [4.78, 5) is 25.6. The largest absolute Gasteiger partial charge is 0.495 e. The predicted octanol–water partition coefficient (Wildman–Crippen LogP) is 1.70. The third-order valence-corrected chi connectivity index (χ3v) is 3.66. The van der Waals surface area contributed by atoms with Crippen molar-refractivity contribution in [2.45, 2.75) is 33.0 Å². The molecule has 1 aromatic carbocycles. The van der Waals surface area contributed by atoms with Crippen LogP contribution in [0.2, 0.25) is 0 Å². The second-order valence-electron chi connectivity index (χ2n) is 6.10. The van der Waals surface area contributed by atoms with Gasteiger partial charge >= 0.3 is 0 Å². The molecule has 24 heavy (non-hydrogen) atoms. The smallest absolute Gasteiger partial charge is 0.238 e. The van der Waals surface area contributed by atoms with Gasteiger partial charge in [-0.2, -0.15) is 0 Å². The summed E-state index contributed by atoms with van der Waals surface area (Å²) in [5.74, 6) is 0.240. The average Bonchev–Trinajstić information content (AvgIpc) is 2.45. The first-order valence-electron chi connectivity index (χ1n) is 8.00. The van der Waals surface area contributed by atoms with Gasteiger partial charge < -0.3 is 20.1 Å². The number of carbonyl (C=O) groups is 2. The first-order chi connectivity index (χ1) is 11.4. The van der Waals surface area contributed by atoms with Crippen LogP contribution in [0.4, 0.5) is 11.4 Å². The number of ether oxygens (including phenoxy) is 2. The van der Waals surface area contributed by atoms with Crippen LogP contribution in [0.3, 0.4) is 0 Å². The van der Waals surface area contributed by atoms with E-state index < -0.39 is 0 Å². The zero-order valence-electron chi connectivity index (χ0n) is 14.6. The van der Waals surface area contributed by atoms with Gasteiger partial charge in [-0.05, 0) is 32.0 Å². The highest BCUT2D eigenvalue weighted by molar-refractivity contribution is 5.95. The van der Waals surface area contributed by atoms with Gasteiger partial charge in [0.15, 0.2) is 0 Å². The van der Waals surface area contributed by atoms with Gasteiger partial charge in [-0.1, -0.05) is 0 Å². The maximum atomic E-state index is 12.4. The van der Waals surface area contributed by atoms with Crippen LogP contribution in [0.5, 0.6) is 5.75 Å². The Kier molecular flexibility index (Phi) is 6.16. The Morgan fingerprint density at radius 2 is 1.92 bits per heavy atom. The number of rotatable bonds is 5. The van der Waals surface area contributed by atoms with Crippen LogP contribution >= 0.6 is 0 Å². The van der Waals surface area contributed by atoms with E-state index in [1.807, 2.05) is 13.8 Å². The molecule has 0 radical (unpaired) electrons. The highest BCUT2D eigenvalue weighted by atomic mass is 16.5. The number of morpholine rings is 1. The van der Waals surface area contributed by atoms with Crippen LogP contribution in [0, 0.1) is 0 Å². The van der Waals surface area contributed by atoms with E-state index in [4.69, 9.17) is 9.47 Å². The Morgan fingerprint density at radius 1 is 1.25 bits per heavy atom. The minimum atomic E-state index is -0.172. The van der Waals surface area contributed by atoms with E-state index in [-0.39, 0.29) is 30.6 Å². The molecule has 0 saturated carbocycles. The number of hydrogen-bond acceptors (Lipinski definition) is 5. The van der Waals surface area contributed by atoms with E-state index in [1.54, 1.807) is 18.2 Å². The fourth-order valence-electron chi connectivity index (χ4n) is 2.89. The van der Waals surface area contributed by atoms with Crippen LogP contribution in [0.1, 0.15) is 20.8 Å². The van der Waals surface area contributed by atoms with Crippen molar-refractivity contribution in [2.24, 2.45) is 0 Å². The van der Waals surface area contributed by atoms with E-state index in [1.165, 1.54) is 14.0 Å². The number of anilines is 2. The van der Waals surface area contributed by atoms with Gasteiger partial charge in [0, 0.05) is 25.7 Å². The number of hydrogen-bond donors (Lipinski definition) is 2. The quantitative estimate of drug-likeness (QED) is 0.856. The SMILES string of the molecule is COc1ccc(NC(C)=O)cc1NC(=O)CN1C[C@@H](C)O[C@H](C)C1. The Hall–Kier alpha value is -2.12. The lowest BCUT2D eigenvalue weighted by Gasteiger charge is -2.34. The fourth-order valence-corrected chi connectivity index (χ4v) is 2.89. The highest BCUT2D eigenvalue weighted by Gasteiger charge is 2.24. The van der Waals surface area contributed by atoms with E-state index in [0.29, 0.717) is 17.1 Å². The standard InChI is InChI=1S/C17H25N3O4/c1-11-8-20(9-12(2)24-11)10-17(22)19-15-7-14(18-13(3)21)5-6-16(15)23-4/h5-7,11-12H,8-10H2,1-4H3,(H,18,21)(H,19,22)/t11-,12-/m1/s1. The van der Waals surface area contributed by atoms with Crippen LogP contribution in [0.25, 0.3) is 0 Å². The Morgan fingerprint density at radius 3 is 2.50 bits per heavy atom. The number of nitrogens with zero attached hydrogens (tertiary/aromatic N) is 1. The van der Waals surface area contributed by atoms with Gasteiger partial charge in [-0.25, -0.2) is 0 Å². The van der Waals surface area contributed by atoms with E-state index in [2.05, 4.69) is 15.5 Å². The van der Waals surface area contributed by atoms with Crippen LogP contribution in [0.15, 0.2) is 18.2 Å². The molecule has 0 aliphatic carbocycles. The number of carbonyl (C=O) groups excluding carboxylic acids is 2. The fraction of sp³-hybridized carbons (Fsp3) is 0.529. The lowest BCUT2D eigenvalue weighted by Crippen LogP contribution is -2.48. The molecule has 1 aliphatic heterocycles. The molecule has 132 valence electrons. The summed E-state index contributed by atoms with van der Waals surface area (Å²) in [7, 11) is 1.54. The molecule has 0 unspecified atom stereocenters. The van der Waals surface area contributed by atoms with Gasteiger partial charge in [0.05, 0.1) is 31.5 Å². The predicted molar refractivity (Wildman–Crippen MR) is 92.4 cm³/mol. The van der Waals surface area contributed by atoms with E-state index >= 15 is 0 Å². The third-order valence-electron chi connectivity index (χ3n) is 3.66. The molecule has 1 aromatic rings. The second-order valence-corrected chi connectivity index (χ2v) is 6.10. The van der Waals surface area contributed by atoms with Gasteiger partial charge in [0.1, 0.15) is 5.75 Å². The van der Waals surface area contributed by atoms with Gasteiger partial charge in [-0.3, -0.25) is 14.5 Å². The molecule has 0 spiro atoms. The van der Waals surface area contributed by atoms with Gasteiger partial charge in [0.25, 0.3) is 0 Å². The molecule has 7 nitrogen and oxygen atoms in total. The zero-order chi connectivity index (χ0) is 17.7. The number of nitrogens with one attached hydrogen (secondary N) is 2. The highest BCUT2D eigenvalue weighted by Crippen LogP contribution is 2.28. The summed E-state index contributed by atoms with van der Waals surface area (Å²) in [5, 5.41) is 5.54. The maximum absolute atomic E-state index is 12.4. The summed E-state index contributed by atoms with van der Waals surface area (Å²) in [6.07, 6.45) is 0.221. The summed E-state index contributed by atoms with van der Waals surface area (Å²) in [6, 6.07) is 5.11. The van der Waals surface area contributed by atoms with Crippen molar-refractivity contribution in [2.75, 3.05) is 37.4 Å². The zero-order valence-corrected chi connectivity index (χ0v) is 14.6. The molecule has 2 atom stereocenters. The van der Waals surface area contributed by atoms with Crippen molar-refractivity contribution in [3.63, 3.8) is 0 Å². The molecule has 2 rings (SSSR count). The Labute approximate surface area is 142 Å². The lowest BCUT2D eigenvalue weighted by atomic mass is 10.2. The lowest BCUT2D eigenvalue weighted by molar-refractivity contribution is -0.121. The van der Waals surface area contributed by atoms with Crippen LogP contribution in [-0.2, 0) is 14.3 Å². The molecule has 0 bridgehead atoms. The second kappa shape index (κ2) is 8.12. The molecule has 1 fully saturated rings. The molecule has 1 saturated heterocycles. The van der Waals surface area contributed by atoms with E-state index in [9.17, 15) is 9.59 Å². The minimum absolute atomic E-state index is 0.110. The molecular formula is C17H25N3O4. The van der Waals surface area contributed by atoms with E-state index in [0.717, 1.165) is 13.1 Å². The molecule has 2 N–H and O–H groups in total. The molecule has 1 aliphatic rings. The molecule has 1 heterocycles. The normalized spacial score (nSPS) is 21.2. The van der Waals surface area contributed by atoms with Gasteiger partial charge in [-0.15, -0.1) is 0 Å². The first kappa shape index (κ1) is 18.2. The summed E-state index contributed by atoms with van der Waals surface area (Å²) in [6.45, 7) is 7.16. The number of benzene rings is 1. The molecular weight excluding hydrogens is 310 g/mol. The summed E-state index contributed by atoms with van der Waals surface area (Å²) < 4.78 is 10.9. The van der Waals surface area contributed by atoms with Gasteiger partial charge in [0.2, 0.25) is 11.8 Å². The average molecular weight is 335 g/mol. The topological polar surface area (TPSA) is 79.9 Å². The third kappa shape index (κ3) is 5.21. The molecule has 2 amide bonds. The van der Waals surface area contributed by atoms with Crippen molar-refractivity contribution >= 4 is 23.2 Å². The van der Waals surface area contributed by atoms with Crippen molar-refractivity contribution in [1.29, 1.82) is 0 Å². The molecule has 7 heteroatoms. The summed E-state index contributed by atoms with van der Waals surface area (Å²) in [5.41, 5.74) is 1.13. The first-order valence-corrected chi connectivity index (χ1v) is 8.00. The minimum Gasteiger partial charge on any atom is -0.495 e. The Bertz CT molecular complexity index is 595. The number of amides is 2. The van der Waals surface area contributed by atoms with Crippen molar-refractivity contribution in [3.8, 4) is 5.75 Å². The number of methoxy groups -OCH3 is 1. The van der Waals surface area contributed by atoms with Crippen molar-refractivity contribution < 1.29 is 19.1 Å².